The second kappa shape index (κ2) is 6.45. The molecule has 2 N–H and O–H groups in total. The maximum absolute atomic E-state index is 10.9. The van der Waals surface area contributed by atoms with Gasteiger partial charge < -0.3 is 20.1 Å². The Bertz CT molecular complexity index is 640. The number of ether oxygens (including phenoxy) is 1. The summed E-state index contributed by atoms with van der Waals surface area (Å²) in [7, 11) is 5.45. The summed E-state index contributed by atoms with van der Waals surface area (Å²) in [5, 5.41) is 13.8. The Labute approximate surface area is 127 Å². The topological polar surface area (TPSA) is 74.7 Å². The van der Waals surface area contributed by atoms with E-state index in [1.807, 2.05) is 25.1 Å². The molecule has 0 bridgehead atoms. The number of rotatable bonds is 6. The number of carboxylic acids is 1. The summed E-state index contributed by atoms with van der Waals surface area (Å²) in [6, 6.07) is 3.56. The fourth-order valence-corrected chi connectivity index (χ4v) is 2.69. The van der Waals surface area contributed by atoms with E-state index in [0.29, 0.717) is 18.0 Å². The minimum absolute atomic E-state index is 0.308. The summed E-state index contributed by atoms with van der Waals surface area (Å²) in [4.78, 5) is 18.0. The van der Waals surface area contributed by atoms with Gasteiger partial charge in [0.2, 0.25) is 5.88 Å². The standard InChI is InChI=1S/C14H17N3O3S/c1-17(2)11-4-5-15-13(20-3)12(11)16-7-10-6-9(8-21-10)14(18)19/h4-6,8,16H,7H2,1-3H3,(H,18,19). The van der Waals surface area contributed by atoms with Crippen LogP contribution in [-0.2, 0) is 6.54 Å². The first-order valence-electron chi connectivity index (χ1n) is 6.27. The number of thiophene rings is 1. The Morgan fingerprint density at radius 1 is 1.52 bits per heavy atom. The monoisotopic (exact) mass is 307 g/mol. The second-order valence-corrected chi connectivity index (χ2v) is 5.56. The van der Waals surface area contributed by atoms with Gasteiger partial charge in [-0.25, -0.2) is 9.78 Å². The lowest BCUT2D eigenvalue weighted by Crippen LogP contribution is -2.13. The van der Waals surface area contributed by atoms with Crippen molar-refractivity contribution < 1.29 is 14.6 Å². The number of pyridine rings is 1. The first-order chi connectivity index (χ1) is 10.0. The fourth-order valence-electron chi connectivity index (χ4n) is 1.89. The van der Waals surface area contributed by atoms with Crippen LogP contribution in [0.15, 0.2) is 23.7 Å². The van der Waals surface area contributed by atoms with Gasteiger partial charge in [-0.1, -0.05) is 0 Å². The number of nitrogens with zero attached hydrogens (tertiary/aromatic N) is 2. The van der Waals surface area contributed by atoms with E-state index in [0.717, 1.165) is 16.3 Å². The fraction of sp³-hybridized carbons (Fsp3) is 0.286. The molecule has 112 valence electrons. The van der Waals surface area contributed by atoms with Crippen molar-refractivity contribution in [3.8, 4) is 5.88 Å². The maximum Gasteiger partial charge on any atom is 0.336 e. The third kappa shape index (κ3) is 3.43. The van der Waals surface area contributed by atoms with Crippen molar-refractivity contribution in [2.75, 3.05) is 31.4 Å². The van der Waals surface area contributed by atoms with Crippen molar-refractivity contribution in [2.45, 2.75) is 6.54 Å². The molecule has 6 nitrogen and oxygen atoms in total. The highest BCUT2D eigenvalue weighted by molar-refractivity contribution is 7.10. The van der Waals surface area contributed by atoms with Gasteiger partial charge in [-0.15, -0.1) is 11.3 Å². The van der Waals surface area contributed by atoms with Gasteiger partial charge in [0.15, 0.2) is 0 Å². The predicted molar refractivity (Wildman–Crippen MR) is 83.7 cm³/mol. The molecule has 0 atom stereocenters. The summed E-state index contributed by atoms with van der Waals surface area (Å²) in [6.45, 7) is 0.515. The zero-order chi connectivity index (χ0) is 15.4. The van der Waals surface area contributed by atoms with Crippen molar-refractivity contribution in [1.29, 1.82) is 0 Å². The Kier molecular flexibility index (Phi) is 4.64. The van der Waals surface area contributed by atoms with E-state index < -0.39 is 5.97 Å². The second-order valence-electron chi connectivity index (χ2n) is 4.57. The molecule has 2 aromatic rings. The first-order valence-corrected chi connectivity index (χ1v) is 7.15. The van der Waals surface area contributed by atoms with E-state index in [9.17, 15) is 4.79 Å². The summed E-state index contributed by atoms with van der Waals surface area (Å²) in [5.74, 6) is -0.401. The molecule has 0 radical (unpaired) electrons. The number of nitrogens with one attached hydrogen (secondary N) is 1. The van der Waals surface area contributed by atoms with Crippen LogP contribution in [0.1, 0.15) is 15.2 Å². The average Bonchev–Trinajstić information content (AvgIpc) is 2.93. The van der Waals surface area contributed by atoms with Crippen molar-refractivity contribution >= 4 is 28.7 Å². The molecule has 2 aromatic heterocycles. The number of carbonyl (C=O) groups is 1. The van der Waals surface area contributed by atoms with E-state index in [4.69, 9.17) is 9.84 Å². The van der Waals surface area contributed by atoms with Gasteiger partial charge in [0, 0.05) is 37.1 Å². The smallest absolute Gasteiger partial charge is 0.336 e. The van der Waals surface area contributed by atoms with Crippen molar-refractivity contribution in [1.82, 2.24) is 4.98 Å². The Hall–Kier alpha value is -2.28. The number of hydrogen-bond donors (Lipinski definition) is 2. The lowest BCUT2D eigenvalue weighted by molar-refractivity contribution is 0.0697. The third-order valence-corrected chi connectivity index (χ3v) is 3.85. The summed E-state index contributed by atoms with van der Waals surface area (Å²) in [5.41, 5.74) is 2.05. The van der Waals surface area contributed by atoms with E-state index in [1.165, 1.54) is 11.3 Å². The van der Waals surface area contributed by atoms with Crippen molar-refractivity contribution in [3.63, 3.8) is 0 Å². The Morgan fingerprint density at radius 2 is 2.29 bits per heavy atom. The number of hydrogen-bond acceptors (Lipinski definition) is 6. The average molecular weight is 307 g/mol. The molecule has 0 aromatic carbocycles. The van der Waals surface area contributed by atoms with Crippen LogP contribution in [0.4, 0.5) is 11.4 Å². The first kappa shape index (κ1) is 15.1. The van der Waals surface area contributed by atoms with E-state index >= 15 is 0 Å². The van der Waals surface area contributed by atoms with Gasteiger partial charge in [0.05, 0.1) is 18.4 Å². The van der Waals surface area contributed by atoms with Crippen LogP contribution >= 0.6 is 11.3 Å². The molecule has 21 heavy (non-hydrogen) atoms. The number of aromatic carboxylic acids is 1. The summed E-state index contributed by atoms with van der Waals surface area (Å²) >= 11 is 1.41. The van der Waals surface area contributed by atoms with E-state index in [2.05, 4.69) is 10.3 Å². The molecule has 2 rings (SSSR count). The Morgan fingerprint density at radius 3 is 2.86 bits per heavy atom. The number of carboxylic acid groups (broad SMARTS) is 1. The van der Waals surface area contributed by atoms with Gasteiger partial charge in [-0.3, -0.25) is 0 Å². The van der Waals surface area contributed by atoms with Crippen LogP contribution in [0, 0.1) is 0 Å². The molecule has 0 fully saturated rings. The molecule has 0 unspecified atom stereocenters. The van der Waals surface area contributed by atoms with E-state index in [1.54, 1.807) is 24.8 Å². The van der Waals surface area contributed by atoms with Gasteiger partial charge in [-0.05, 0) is 12.1 Å². The molecule has 0 aliphatic rings. The summed E-state index contributed by atoms with van der Waals surface area (Å²) < 4.78 is 5.28. The Balaban J connectivity index is 2.20. The highest BCUT2D eigenvalue weighted by atomic mass is 32.1. The molecule has 2 heterocycles. The molecule has 0 aliphatic carbocycles. The largest absolute Gasteiger partial charge is 0.479 e. The molecule has 0 spiro atoms. The van der Waals surface area contributed by atoms with Crippen LogP contribution in [0.3, 0.4) is 0 Å². The highest BCUT2D eigenvalue weighted by Crippen LogP contribution is 2.32. The molecule has 0 saturated carbocycles. The molecular weight excluding hydrogens is 290 g/mol. The number of anilines is 2. The quantitative estimate of drug-likeness (QED) is 0.854. The van der Waals surface area contributed by atoms with Gasteiger partial charge >= 0.3 is 5.97 Å². The summed E-state index contributed by atoms with van der Waals surface area (Å²) in [6.07, 6.45) is 1.69. The van der Waals surface area contributed by atoms with Crippen LogP contribution in [0.25, 0.3) is 0 Å². The zero-order valence-corrected chi connectivity index (χ0v) is 12.9. The molecular formula is C14H17N3O3S. The minimum Gasteiger partial charge on any atom is -0.479 e. The van der Waals surface area contributed by atoms with Gasteiger partial charge in [0.25, 0.3) is 0 Å². The molecule has 0 saturated heterocycles. The number of aromatic nitrogens is 1. The zero-order valence-electron chi connectivity index (χ0n) is 12.1. The van der Waals surface area contributed by atoms with Crippen LogP contribution in [0.2, 0.25) is 0 Å². The van der Waals surface area contributed by atoms with Crippen molar-refractivity contribution in [2.24, 2.45) is 0 Å². The minimum atomic E-state index is -0.912. The van der Waals surface area contributed by atoms with Crippen LogP contribution in [-0.4, -0.2) is 37.3 Å². The normalized spacial score (nSPS) is 10.2. The maximum atomic E-state index is 10.9. The van der Waals surface area contributed by atoms with Crippen LogP contribution in [0.5, 0.6) is 5.88 Å². The van der Waals surface area contributed by atoms with Crippen molar-refractivity contribution in [3.05, 3.63) is 34.2 Å². The molecule has 7 heteroatoms. The number of methoxy groups -OCH3 is 1. The highest BCUT2D eigenvalue weighted by Gasteiger charge is 2.13. The van der Waals surface area contributed by atoms with E-state index in [-0.39, 0.29) is 0 Å². The molecule has 0 aliphatic heterocycles. The lowest BCUT2D eigenvalue weighted by Gasteiger charge is -2.19. The molecule has 0 amide bonds. The third-order valence-electron chi connectivity index (χ3n) is 2.91. The SMILES string of the molecule is COc1nccc(N(C)C)c1NCc1cc(C(=O)O)cs1. The van der Waals surface area contributed by atoms with Gasteiger partial charge in [0.1, 0.15) is 5.69 Å². The lowest BCUT2D eigenvalue weighted by atomic mass is 10.3. The van der Waals surface area contributed by atoms with Crippen LogP contribution < -0.4 is 15.0 Å². The predicted octanol–water partition coefficient (Wildman–Crippen LogP) is 2.53. The van der Waals surface area contributed by atoms with Gasteiger partial charge in [-0.2, -0.15) is 0 Å².